The smallest absolute Gasteiger partial charge is 0.142 e. The van der Waals surface area contributed by atoms with Gasteiger partial charge < -0.3 is 19.0 Å². The number of ketones is 1. The average Bonchev–Trinajstić information content (AvgIpc) is 3.13. The molecule has 2 aliphatic carbocycles. The van der Waals surface area contributed by atoms with Crippen molar-refractivity contribution in [1.82, 2.24) is 0 Å². The van der Waals surface area contributed by atoms with Gasteiger partial charge in [-0.05, 0) is 31.7 Å². The van der Waals surface area contributed by atoms with E-state index in [9.17, 15) is 9.90 Å². The Bertz CT molecular complexity index is 592. The summed E-state index contributed by atoms with van der Waals surface area (Å²) < 4.78 is 16.9. The lowest BCUT2D eigenvalue weighted by atomic mass is 9.60. The molecule has 23 heavy (non-hydrogen) atoms. The molecule has 0 aromatic carbocycles. The maximum Gasteiger partial charge on any atom is 0.142 e. The molecule has 126 valence electrons. The van der Waals surface area contributed by atoms with E-state index in [2.05, 4.69) is 6.58 Å². The summed E-state index contributed by atoms with van der Waals surface area (Å²) in [4.78, 5) is 12.9. The van der Waals surface area contributed by atoms with Crippen molar-refractivity contribution in [3.8, 4) is 0 Å². The van der Waals surface area contributed by atoms with Crippen molar-refractivity contribution in [2.45, 2.75) is 43.8 Å². The Morgan fingerprint density at radius 1 is 1.57 bits per heavy atom. The molecular weight excluding hydrogens is 296 g/mol. The van der Waals surface area contributed by atoms with E-state index in [0.29, 0.717) is 44.7 Å². The number of aliphatic hydroxyl groups is 1. The van der Waals surface area contributed by atoms with Crippen LogP contribution in [0.2, 0.25) is 0 Å². The maximum absolute atomic E-state index is 12.9. The highest BCUT2D eigenvalue weighted by Crippen LogP contribution is 2.63. The van der Waals surface area contributed by atoms with E-state index in [1.807, 2.05) is 6.07 Å². The number of methoxy groups -OCH3 is 1. The second kappa shape index (κ2) is 6.23. The summed E-state index contributed by atoms with van der Waals surface area (Å²) in [7, 11) is 1.65. The molecule has 0 saturated heterocycles. The highest BCUT2D eigenvalue weighted by molar-refractivity contribution is 5.90. The van der Waals surface area contributed by atoms with E-state index in [1.165, 1.54) is 0 Å². The summed E-state index contributed by atoms with van der Waals surface area (Å²) in [6.45, 7) is 4.67. The molecule has 1 aromatic rings. The lowest BCUT2D eigenvalue weighted by Crippen LogP contribution is -2.51. The Balaban J connectivity index is 2.08. The van der Waals surface area contributed by atoms with Crippen molar-refractivity contribution >= 4 is 5.78 Å². The molecule has 1 aromatic heterocycles. The standard InChI is InChI=1S/C18H24O5/c1-3-9-23-18-8-5-15(20)17(18,7-4-10-21-2)12-14(19)16-13(18)6-11-22-16/h3,6,11,14,19H,1,4-5,7-10,12H2,2H3/t14-,17-,18+/m1/s1. The number of carbonyl (C=O) groups is 1. The number of rotatable bonds is 7. The molecule has 1 fully saturated rings. The molecule has 1 N–H and O–H groups in total. The Labute approximate surface area is 136 Å². The summed E-state index contributed by atoms with van der Waals surface area (Å²) in [5.41, 5.74) is -0.625. The van der Waals surface area contributed by atoms with E-state index in [4.69, 9.17) is 13.9 Å². The predicted molar refractivity (Wildman–Crippen MR) is 83.9 cm³/mol. The highest BCUT2D eigenvalue weighted by Gasteiger charge is 2.65. The number of aliphatic hydroxyl groups excluding tert-OH is 1. The molecule has 3 atom stereocenters. The van der Waals surface area contributed by atoms with Crippen molar-refractivity contribution in [2.24, 2.45) is 5.41 Å². The quantitative estimate of drug-likeness (QED) is 0.618. The van der Waals surface area contributed by atoms with E-state index in [0.717, 1.165) is 12.0 Å². The second-order valence-corrected chi connectivity index (χ2v) is 6.45. The van der Waals surface area contributed by atoms with E-state index >= 15 is 0 Å². The summed E-state index contributed by atoms with van der Waals surface area (Å²) in [6.07, 6.45) is 5.30. The number of furan rings is 1. The van der Waals surface area contributed by atoms with Gasteiger partial charge in [-0.25, -0.2) is 0 Å². The van der Waals surface area contributed by atoms with Crippen LogP contribution in [0.5, 0.6) is 0 Å². The Hall–Kier alpha value is -1.43. The lowest BCUT2D eigenvalue weighted by Gasteiger charge is -2.48. The van der Waals surface area contributed by atoms with Gasteiger partial charge in [-0.3, -0.25) is 4.79 Å². The van der Waals surface area contributed by atoms with Crippen molar-refractivity contribution in [2.75, 3.05) is 20.3 Å². The van der Waals surface area contributed by atoms with Crippen LogP contribution in [0.4, 0.5) is 0 Å². The van der Waals surface area contributed by atoms with Gasteiger partial charge in [0.25, 0.3) is 0 Å². The molecule has 0 spiro atoms. The molecule has 0 aliphatic heterocycles. The third-order valence-electron chi connectivity index (χ3n) is 5.39. The van der Waals surface area contributed by atoms with Crippen LogP contribution < -0.4 is 0 Å². The topological polar surface area (TPSA) is 68.9 Å². The Morgan fingerprint density at radius 3 is 3.13 bits per heavy atom. The largest absolute Gasteiger partial charge is 0.466 e. The van der Waals surface area contributed by atoms with Gasteiger partial charge in [0.1, 0.15) is 23.2 Å². The molecule has 1 saturated carbocycles. The van der Waals surface area contributed by atoms with Gasteiger partial charge in [0.15, 0.2) is 0 Å². The molecule has 0 bridgehead atoms. The van der Waals surface area contributed by atoms with Crippen LogP contribution in [0.15, 0.2) is 29.4 Å². The van der Waals surface area contributed by atoms with E-state index in [1.54, 1.807) is 19.4 Å². The summed E-state index contributed by atoms with van der Waals surface area (Å²) >= 11 is 0. The first-order valence-electron chi connectivity index (χ1n) is 8.14. The van der Waals surface area contributed by atoms with Crippen LogP contribution in [0.1, 0.15) is 49.5 Å². The highest BCUT2D eigenvalue weighted by atomic mass is 16.5. The van der Waals surface area contributed by atoms with Gasteiger partial charge >= 0.3 is 0 Å². The zero-order valence-corrected chi connectivity index (χ0v) is 13.5. The zero-order valence-electron chi connectivity index (χ0n) is 13.5. The minimum atomic E-state index is -0.773. The summed E-state index contributed by atoms with van der Waals surface area (Å²) in [5, 5.41) is 10.5. The fraction of sp³-hybridized carbons (Fsp3) is 0.611. The van der Waals surface area contributed by atoms with Crippen LogP contribution >= 0.6 is 0 Å². The molecule has 5 nitrogen and oxygen atoms in total. The number of Topliss-reactive ketones (excluding diaryl/α,β-unsaturated/α-hetero) is 1. The second-order valence-electron chi connectivity index (χ2n) is 6.45. The zero-order chi connectivity index (χ0) is 16.5. The van der Waals surface area contributed by atoms with Crippen LogP contribution in [-0.4, -0.2) is 31.2 Å². The van der Waals surface area contributed by atoms with Crippen molar-refractivity contribution in [1.29, 1.82) is 0 Å². The van der Waals surface area contributed by atoms with Crippen molar-refractivity contribution in [3.05, 3.63) is 36.3 Å². The van der Waals surface area contributed by atoms with E-state index < -0.39 is 17.1 Å². The number of fused-ring (bicyclic) bond motifs is 3. The maximum atomic E-state index is 12.9. The molecular formula is C18H24O5. The predicted octanol–water partition coefficient (Wildman–Crippen LogP) is 2.89. The van der Waals surface area contributed by atoms with Crippen LogP contribution in [0, 0.1) is 5.41 Å². The molecule has 5 heteroatoms. The number of ether oxygens (including phenoxy) is 2. The van der Waals surface area contributed by atoms with Gasteiger partial charge in [-0.15, -0.1) is 6.58 Å². The third kappa shape index (κ3) is 2.30. The molecule has 1 heterocycles. The SMILES string of the molecule is C=CCO[C@]12CCC(=O)[C@@]1(CCCOC)C[C@@H](O)c1occc12. The minimum absolute atomic E-state index is 0.170. The van der Waals surface area contributed by atoms with Gasteiger partial charge in [0, 0.05) is 25.7 Å². The molecule has 0 radical (unpaired) electrons. The van der Waals surface area contributed by atoms with Crippen molar-refractivity contribution < 1.29 is 23.8 Å². The fourth-order valence-electron chi connectivity index (χ4n) is 4.45. The normalized spacial score (nSPS) is 32.6. The molecule has 3 rings (SSSR count). The van der Waals surface area contributed by atoms with Gasteiger partial charge in [-0.1, -0.05) is 6.08 Å². The lowest BCUT2D eigenvalue weighted by molar-refractivity contribution is -0.165. The first kappa shape index (κ1) is 16.4. The number of hydrogen-bond acceptors (Lipinski definition) is 5. The molecule has 0 unspecified atom stereocenters. The summed E-state index contributed by atoms with van der Waals surface area (Å²) in [6, 6.07) is 1.84. The van der Waals surface area contributed by atoms with Crippen LogP contribution in [0.3, 0.4) is 0 Å². The van der Waals surface area contributed by atoms with E-state index in [-0.39, 0.29) is 5.78 Å². The Morgan fingerprint density at radius 2 is 2.39 bits per heavy atom. The third-order valence-corrected chi connectivity index (χ3v) is 5.39. The van der Waals surface area contributed by atoms with Gasteiger partial charge in [-0.2, -0.15) is 0 Å². The number of hydrogen-bond donors (Lipinski definition) is 1. The monoisotopic (exact) mass is 320 g/mol. The first-order chi connectivity index (χ1) is 11.1. The van der Waals surface area contributed by atoms with Gasteiger partial charge in [0.2, 0.25) is 0 Å². The van der Waals surface area contributed by atoms with Gasteiger partial charge in [0.05, 0.1) is 18.3 Å². The van der Waals surface area contributed by atoms with Crippen LogP contribution in [0.25, 0.3) is 0 Å². The Kier molecular flexibility index (Phi) is 4.45. The average molecular weight is 320 g/mol. The van der Waals surface area contributed by atoms with Crippen molar-refractivity contribution in [3.63, 3.8) is 0 Å². The van der Waals surface area contributed by atoms with Crippen LogP contribution in [-0.2, 0) is 19.9 Å². The first-order valence-corrected chi connectivity index (χ1v) is 8.14. The number of carbonyl (C=O) groups excluding carboxylic acids is 1. The summed E-state index contributed by atoms with van der Waals surface area (Å²) in [5.74, 6) is 0.703. The fourth-order valence-corrected chi connectivity index (χ4v) is 4.45. The molecule has 0 amide bonds. The minimum Gasteiger partial charge on any atom is -0.466 e. The molecule has 2 aliphatic rings.